The normalized spacial score (nSPS) is 18.2. The number of fused-ring (bicyclic) bond motifs is 1. The maximum absolute atomic E-state index is 14.0. The second-order valence-corrected chi connectivity index (χ2v) is 13.2. The quantitative estimate of drug-likeness (QED) is 0.212. The van der Waals surface area contributed by atoms with Crippen molar-refractivity contribution < 1.29 is 31.3 Å². The van der Waals surface area contributed by atoms with Gasteiger partial charge in [0, 0.05) is 30.6 Å². The van der Waals surface area contributed by atoms with Crippen LogP contribution >= 0.6 is 0 Å². The zero-order chi connectivity index (χ0) is 30.2. The Morgan fingerprint density at radius 2 is 1.93 bits per heavy atom. The van der Waals surface area contributed by atoms with Crippen LogP contribution in [-0.2, 0) is 17.9 Å². The number of nitrogens with one attached hydrogen (secondary N) is 1. The van der Waals surface area contributed by atoms with Crippen molar-refractivity contribution in [3.63, 3.8) is 0 Å². The van der Waals surface area contributed by atoms with E-state index >= 15 is 0 Å². The summed E-state index contributed by atoms with van der Waals surface area (Å²) in [6.07, 6.45) is -0.125. The monoisotopic (exact) mass is 601 g/mol. The molecule has 224 valence electrons. The summed E-state index contributed by atoms with van der Waals surface area (Å²) in [6, 6.07) is 0.909. The third-order valence-corrected chi connectivity index (χ3v) is 8.32. The van der Waals surface area contributed by atoms with Crippen molar-refractivity contribution in [3.8, 4) is 0 Å². The van der Waals surface area contributed by atoms with E-state index in [4.69, 9.17) is 0 Å². The molecule has 3 aromatic heterocycles. The van der Waals surface area contributed by atoms with Gasteiger partial charge in [-0.25, -0.2) is 18.3 Å². The van der Waals surface area contributed by atoms with Gasteiger partial charge in [-0.05, 0) is 52.5 Å². The summed E-state index contributed by atoms with van der Waals surface area (Å²) >= 11 is -1.47. The zero-order valence-electron chi connectivity index (χ0n) is 23.1. The van der Waals surface area contributed by atoms with Gasteiger partial charge in [0.25, 0.3) is 5.91 Å². The molecular weight excluding hydrogens is 569 g/mol. The number of imidazole rings is 1. The van der Waals surface area contributed by atoms with Crippen LogP contribution < -0.4 is 5.32 Å². The lowest BCUT2D eigenvalue weighted by molar-refractivity contribution is -0.137. The number of carbonyl (C=O) groups is 1. The lowest BCUT2D eigenvalue weighted by atomic mass is 9.81. The summed E-state index contributed by atoms with van der Waals surface area (Å²) in [6.45, 7) is 6.46. The van der Waals surface area contributed by atoms with Gasteiger partial charge in [-0.2, -0.15) is 23.4 Å². The standard InChI is InChI=1S/C26H32F5N7O2S/c1-16-19(14-33-37(16)10-9-26(29,30)31)23(39)36-22(18-5-7-25(27,28)8-6-18)20-15-38-21(35-20)11-17(12-32-38)13-34-41(40)24(2,3)4/h11-15,18,22H,5-10H2,1-4H3,(H,36,39)/b34-13+/t22-,41-/m0/s1. The van der Waals surface area contributed by atoms with Crippen LogP contribution in [0, 0.1) is 12.8 Å². The maximum atomic E-state index is 14.0. The Morgan fingerprint density at radius 1 is 1.24 bits per heavy atom. The predicted octanol–water partition coefficient (Wildman–Crippen LogP) is 5.36. The molecule has 15 heteroatoms. The zero-order valence-corrected chi connectivity index (χ0v) is 23.9. The number of alkyl halides is 5. The van der Waals surface area contributed by atoms with Crippen molar-refractivity contribution in [1.29, 1.82) is 0 Å². The predicted molar refractivity (Wildman–Crippen MR) is 143 cm³/mol. The minimum absolute atomic E-state index is 0.0885. The molecule has 1 aliphatic carbocycles. The highest BCUT2D eigenvalue weighted by Gasteiger charge is 2.39. The van der Waals surface area contributed by atoms with Crippen molar-refractivity contribution in [2.24, 2.45) is 10.3 Å². The number of hydrogen-bond acceptors (Lipinski definition) is 6. The van der Waals surface area contributed by atoms with Crippen LogP contribution in [0.3, 0.4) is 0 Å². The molecule has 0 aromatic carbocycles. The van der Waals surface area contributed by atoms with Crippen LogP contribution in [0.2, 0.25) is 0 Å². The van der Waals surface area contributed by atoms with Crippen LogP contribution in [0.4, 0.5) is 22.0 Å². The summed E-state index contributed by atoms with van der Waals surface area (Å²) in [5.74, 6) is -3.74. The number of aryl methyl sites for hydroxylation is 1. The highest BCUT2D eigenvalue weighted by atomic mass is 32.2. The van der Waals surface area contributed by atoms with Gasteiger partial charge >= 0.3 is 6.18 Å². The molecule has 0 aliphatic heterocycles. The van der Waals surface area contributed by atoms with Crippen molar-refractivity contribution in [2.45, 2.75) is 89.2 Å². The lowest BCUT2D eigenvalue weighted by Crippen LogP contribution is -2.37. The fourth-order valence-corrected chi connectivity index (χ4v) is 5.11. The SMILES string of the molecule is Cc1c(C(=O)N[C@H](c2cn3ncc(/C=N/[S@@+]([O-])C(C)(C)C)cc3n2)C2CCC(F)(F)CC2)cnn1CCC(F)(F)F. The van der Waals surface area contributed by atoms with E-state index in [1.165, 1.54) is 30.0 Å². The molecule has 1 aliphatic rings. The van der Waals surface area contributed by atoms with Crippen LogP contribution in [0.15, 0.2) is 29.1 Å². The molecule has 0 saturated heterocycles. The number of aromatic nitrogens is 5. The molecule has 1 fully saturated rings. The summed E-state index contributed by atoms with van der Waals surface area (Å²) in [4.78, 5) is 17.9. The molecule has 0 radical (unpaired) electrons. The number of nitrogens with zero attached hydrogens (tertiary/aromatic N) is 6. The van der Waals surface area contributed by atoms with E-state index in [2.05, 4.69) is 24.9 Å². The van der Waals surface area contributed by atoms with Gasteiger partial charge in [-0.15, -0.1) is 0 Å². The van der Waals surface area contributed by atoms with Crippen molar-refractivity contribution in [3.05, 3.63) is 47.2 Å². The van der Waals surface area contributed by atoms with Gasteiger partial charge in [0.15, 0.2) is 5.65 Å². The number of hydrogen-bond donors (Lipinski definition) is 1. The number of carbonyl (C=O) groups excluding carboxylic acids is 1. The molecule has 2 atom stereocenters. The Morgan fingerprint density at radius 3 is 2.56 bits per heavy atom. The van der Waals surface area contributed by atoms with E-state index in [-0.39, 0.29) is 42.9 Å². The summed E-state index contributed by atoms with van der Waals surface area (Å²) in [5, 5.41) is 11.1. The summed E-state index contributed by atoms with van der Waals surface area (Å²) in [7, 11) is 0. The van der Waals surface area contributed by atoms with Gasteiger partial charge < -0.3 is 9.87 Å². The van der Waals surface area contributed by atoms with Gasteiger partial charge in [-0.1, -0.05) is 4.40 Å². The van der Waals surface area contributed by atoms with Gasteiger partial charge in [-0.3, -0.25) is 9.48 Å². The molecule has 1 amide bonds. The summed E-state index contributed by atoms with van der Waals surface area (Å²) in [5.41, 5.74) is 1.70. The first-order valence-electron chi connectivity index (χ1n) is 13.1. The molecule has 3 aromatic rings. The molecule has 1 N–H and O–H groups in total. The number of rotatable bonds is 8. The molecule has 1 saturated carbocycles. The molecule has 9 nitrogen and oxygen atoms in total. The van der Waals surface area contributed by atoms with Crippen molar-refractivity contribution in [2.75, 3.05) is 0 Å². The number of halogens is 5. The second kappa shape index (κ2) is 11.7. The molecular formula is C26H32F5N7O2S. The molecule has 41 heavy (non-hydrogen) atoms. The number of amides is 1. The highest BCUT2D eigenvalue weighted by Crippen LogP contribution is 2.41. The van der Waals surface area contributed by atoms with Crippen molar-refractivity contribution >= 4 is 29.1 Å². The minimum atomic E-state index is -4.37. The molecule has 3 heterocycles. The smallest absolute Gasteiger partial charge is 0.390 e. The molecule has 0 spiro atoms. The first-order chi connectivity index (χ1) is 19.0. The van der Waals surface area contributed by atoms with Crippen LogP contribution in [-0.4, -0.2) is 57.9 Å². The average Bonchev–Trinajstić information content (AvgIpc) is 3.46. The van der Waals surface area contributed by atoms with Crippen LogP contribution in [0.1, 0.15) is 86.2 Å². The average molecular weight is 602 g/mol. The van der Waals surface area contributed by atoms with Gasteiger partial charge in [0.05, 0.1) is 48.5 Å². The topological polar surface area (TPSA) is 113 Å². The largest absolute Gasteiger partial charge is 0.591 e. The first-order valence-corrected chi connectivity index (χ1v) is 14.2. The highest BCUT2D eigenvalue weighted by molar-refractivity contribution is 7.91. The minimum Gasteiger partial charge on any atom is -0.591 e. The first kappa shape index (κ1) is 30.9. The van der Waals surface area contributed by atoms with E-state index in [0.29, 0.717) is 16.9 Å². The maximum Gasteiger partial charge on any atom is 0.390 e. The van der Waals surface area contributed by atoms with E-state index in [0.717, 1.165) is 4.68 Å². The Balaban J connectivity index is 1.60. The van der Waals surface area contributed by atoms with E-state index in [9.17, 15) is 31.3 Å². The Kier molecular flexibility index (Phi) is 8.79. The van der Waals surface area contributed by atoms with Crippen molar-refractivity contribution in [1.82, 2.24) is 29.7 Å². The Hall–Kier alpha value is -3.07. The van der Waals surface area contributed by atoms with E-state index < -0.39 is 53.1 Å². The van der Waals surface area contributed by atoms with Crippen LogP contribution in [0.5, 0.6) is 0 Å². The fraction of sp³-hybridized carbons (Fsp3) is 0.577. The molecule has 0 bridgehead atoms. The Bertz CT molecular complexity index is 1400. The third kappa shape index (κ3) is 7.82. The van der Waals surface area contributed by atoms with E-state index in [1.807, 2.05) is 0 Å². The van der Waals surface area contributed by atoms with Crippen LogP contribution in [0.25, 0.3) is 5.65 Å². The molecule has 0 unspecified atom stereocenters. The van der Waals surface area contributed by atoms with Gasteiger partial charge in [0.1, 0.15) is 16.1 Å². The third-order valence-electron chi connectivity index (χ3n) is 6.97. The van der Waals surface area contributed by atoms with E-state index in [1.54, 1.807) is 33.0 Å². The fourth-order valence-electron chi connectivity index (χ4n) is 4.57. The summed E-state index contributed by atoms with van der Waals surface area (Å²) < 4.78 is 84.4. The lowest BCUT2D eigenvalue weighted by Gasteiger charge is -2.33. The second-order valence-electron chi connectivity index (χ2n) is 11.2. The molecule has 4 rings (SSSR count). The van der Waals surface area contributed by atoms with Gasteiger partial charge in [0.2, 0.25) is 5.92 Å². The Labute approximate surface area is 236 Å².